The summed E-state index contributed by atoms with van der Waals surface area (Å²) in [5.41, 5.74) is 0.881. The number of benzene rings is 2. The van der Waals surface area contributed by atoms with Crippen molar-refractivity contribution in [1.82, 2.24) is 0 Å². The maximum Gasteiger partial charge on any atom is 0.234 e. The van der Waals surface area contributed by atoms with E-state index in [1.54, 1.807) is 11.8 Å². The van der Waals surface area contributed by atoms with E-state index in [0.717, 1.165) is 21.2 Å². The molecular formula is C16H16ClNOS2. The third-order valence-corrected chi connectivity index (χ3v) is 4.86. The Balaban J connectivity index is 1.91. The zero-order chi connectivity index (χ0) is 15.1. The molecule has 21 heavy (non-hydrogen) atoms. The Labute approximate surface area is 138 Å². The zero-order valence-corrected chi connectivity index (χ0v) is 14.0. The van der Waals surface area contributed by atoms with Crippen LogP contribution in [0.4, 0.5) is 5.69 Å². The molecule has 0 spiro atoms. The molecule has 1 N–H and O–H groups in total. The molecule has 0 atom stereocenters. The lowest BCUT2D eigenvalue weighted by molar-refractivity contribution is -0.113. The fourth-order valence-electron chi connectivity index (χ4n) is 1.72. The standard InChI is InChI=1S/C16H16ClNOS2/c1-2-20-15-6-4-3-5-14(15)18-16(19)11-21-13-9-7-12(17)8-10-13/h3-10H,2,11H2,1H3,(H,18,19). The number of carbonyl (C=O) groups is 1. The quantitative estimate of drug-likeness (QED) is 0.736. The highest BCUT2D eigenvalue weighted by atomic mass is 35.5. The van der Waals surface area contributed by atoms with Crippen molar-refractivity contribution in [1.29, 1.82) is 0 Å². The monoisotopic (exact) mass is 337 g/mol. The number of nitrogens with one attached hydrogen (secondary N) is 1. The predicted octanol–water partition coefficient (Wildman–Crippen LogP) is 5.18. The molecule has 0 saturated carbocycles. The van der Waals surface area contributed by atoms with Crippen molar-refractivity contribution in [3.63, 3.8) is 0 Å². The number of hydrogen-bond donors (Lipinski definition) is 1. The Kier molecular flexibility index (Phi) is 6.49. The number of halogens is 1. The predicted molar refractivity (Wildman–Crippen MR) is 93.6 cm³/mol. The van der Waals surface area contributed by atoms with Gasteiger partial charge in [-0.1, -0.05) is 30.7 Å². The normalized spacial score (nSPS) is 10.4. The number of amides is 1. The Hall–Kier alpha value is -1.10. The smallest absolute Gasteiger partial charge is 0.234 e. The largest absolute Gasteiger partial charge is 0.324 e. The molecule has 0 bridgehead atoms. The van der Waals surface area contributed by atoms with E-state index in [2.05, 4.69) is 12.2 Å². The molecule has 2 aromatic carbocycles. The third-order valence-electron chi connectivity index (χ3n) is 2.64. The van der Waals surface area contributed by atoms with Gasteiger partial charge in [0, 0.05) is 14.8 Å². The minimum absolute atomic E-state index is 0.000830. The van der Waals surface area contributed by atoms with Crippen LogP contribution >= 0.6 is 35.1 Å². The fourth-order valence-corrected chi connectivity index (χ4v) is 3.30. The van der Waals surface area contributed by atoms with E-state index < -0.39 is 0 Å². The van der Waals surface area contributed by atoms with Gasteiger partial charge < -0.3 is 5.32 Å². The van der Waals surface area contributed by atoms with E-state index in [1.165, 1.54) is 11.8 Å². The molecule has 1 amide bonds. The minimum Gasteiger partial charge on any atom is -0.324 e. The first-order valence-corrected chi connectivity index (χ1v) is 8.94. The summed E-state index contributed by atoms with van der Waals surface area (Å²) in [6.07, 6.45) is 0. The molecule has 0 radical (unpaired) electrons. The summed E-state index contributed by atoms with van der Waals surface area (Å²) >= 11 is 9.06. The number of hydrogen-bond acceptors (Lipinski definition) is 3. The Morgan fingerprint density at radius 3 is 2.52 bits per heavy atom. The molecule has 2 aromatic rings. The third kappa shape index (κ3) is 5.30. The molecular weight excluding hydrogens is 322 g/mol. The van der Waals surface area contributed by atoms with Crippen molar-refractivity contribution in [2.24, 2.45) is 0 Å². The van der Waals surface area contributed by atoms with Crippen molar-refractivity contribution < 1.29 is 4.79 Å². The first-order valence-electron chi connectivity index (χ1n) is 6.59. The van der Waals surface area contributed by atoms with Crippen LogP contribution in [0, 0.1) is 0 Å². The van der Waals surface area contributed by atoms with Gasteiger partial charge in [0.15, 0.2) is 0 Å². The number of anilines is 1. The van der Waals surface area contributed by atoms with Crippen LogP contribution in [-0.2, 0) is 4.79 Å². The average molecular weight is 338 g/mol. The van der Waals surface area contributed by atoms with Crippen LogP contribution in [0.1, 0.15) is 6.92 Å². The Morgan fingerprint density at radius 2 is 1.81 bits per heavy atom. The van der Waals surface area contributed by atoms with Gasteiger partial charge in [0.1, 0.15) is 0 Å². The van der Waals surface area contributed by atoms with Crippen molar-refractivity contribution in [3.05, 3.63) is 53.6 Å². The van der Waals surface area contributed by atoms with Crippen molar-refractivity contribution in [3.8, 4) is 0 Å². The van der Waals surface area contributed by atoms with Gasteiger partial charge in [-0.2, -0.15) is 0 Å². The maximum atomic E-state index is 12.0. The summed E-state index contributed by atoms with van der Waals surface area (Å²) in [6, 6.07) is 15.4. The van der Waals surface area contributed by atoms with E-state index in [0.29, 0.717) is 10.8 Å². The molecule has 0 fully saturated rings. The molecule has 0 aliphatic rings. The highest BCUT2D eigenvalue weighted by Crippen LogP contribution is 2.27. The minimum atomic E-state index is -0.000830. The van der Waals surface area contributed by atoms with Gasteiger partial charge >= 0.3 is 0 Å². The highest BCUT2D eigenvalue weighted by Gasteiger charge is 2.07. The summed E-state index contributed by atoms with van der Waals surface area (Å²) in [5, 5.41) is 3.67. The zero-order valence-electron chi connectivity index (χ0n) is 11.6. The topological polar surface area (TPSA) is 29.1 Å². The summed E-state index contributed by atoms with van der Waals surface area (Å²) in [7, 11) is 0. The molecule has 0 aromatic heterocycles. The lowest BCUT2D eigenvalue weighted by Crippen LogP contribution is -2.14. The summed E-state index contributed by atoms with van der Waals surface area (Å²) < 4.78 is 0. The summed E-state index contributed by atoms with van der Waals surface area (Å²) in [4.78, 5) is 14.2. The van der Waals surface area contributed by atoms with Crippen molar-refractivity contribution in [2.75, 3.05) is 16.8 Å². The van der Waals surface area contributed by atoms with Crippen molar-refractivity contribution >= 4 is 46.7 Å². The second kappa shape index (κ2) is 8.37. The van der Waals surface area contributed by atoms with Crippen molar-refractivity contribution in [2.45, 2.75) is 16.7 Å². The van der Waals surface area contributed by atoms with E-state index in [-0.39, 0.29) is 5.91 Å². The van der Waals surface area contributed by atoms with Gasteiger partial charge in [0.2, 0.25) is 5.91 Å². The molecule has 0 aliphatic heterocycles. The van der Waals surface area contributed by atoms with Crippen LogP contribution in [0.25, 0.3) is 0 Å². The van der Waals surface area contributed by atoms with Gasteiger partial charge in [0.05, 0.1) is 11.4 Å². The molecule has 2 rings (SSSR count). The number of para-hydroxylation sites is 1. The molecule has 110 valence electrons. The van der Waals surface area contributed by atoms with E-state index in [4.69, 9.17) is 11.6 Å². The molecule has 2 nitrogen and oxygen atoms in total. The average Bonchev–Trinajstić information content (AvgIpc) is 2.49. The molecule has 0 unspecified atom stereocenters. The fraction of sp³-hybridized carbons (Fsp3) is 0.188. The van der Waals surface area contributed by atoms with Gasteiger partial charge in [-0.25, -0.2) is 0 Å². The van der Waals surface area contributed by atoms with Crippen LogP contribution < -0.4 is 5.32 Å². The van der Waals surface area contributed by atoms with E-state index >= 15 is 0 Å². The second-order valence-electron chi connectivity index (χ2n) is 4.22. The molecule has 5 heteroatoms. The number of carbonyl (C=O) groups excluding carboxylic acids is 1. The Bertz CT molecular complexity index is 601. The Morgan fingerprint density at radius 1 is 1.10 bits per heavy atom. The SMILES string of the molecule is CCSc1ccccc1NC(=O)CSc1ccc(Cl)cc1. The highest BCUT2D eigenvalue weighted by molar-refractivity contribution is 8.00. The van der Waals surface area contributed by atoms with E-state index in [9.17, 15) is 4.79 Å². The first kappa shape index (κ1) is 16.3. The molecule has 0 saturated heterocycles. The van der Waals surface area contributed by atoms with Crippen LogP contribution in [0.3, 0.4) is 0 Å². The lowest BCUT2D eigenvalue weighted by Gasteiger charge is -2.09. The lowest BCUT2D eigenvalue weighted by atomic mass is 10.3. The van der Waals surface area contributed by atoms with Crippen LogP contribution in [0.5, 0.6) is 0 Å². The van der Waals surface area contributed by atoms with Crippen LogP contribution in [-0.4, -0.2) is 17.4 Å². The maximum absolute atomic E-state index is 12.0. The molecule has 0 heterocycles. The number of thioether (sulfide) groups is 2. The van der Waals surface area contributed by atoms with Gasteiger partial charge in [-0.05, 0) is 42.2 Å². The summed E-state index contributed by atoms with van der Waals surface area (Å²) in [5.74, 6) is 1.36. The summed E-state index contributed by atoms with van der Waals surface area (Å²) in [6.45, 7) is 2.10. The van der Waals surface area contributed by atoms with E-state index in [1.807, 2.05) is 48.5 Å². The molecule has 0 aliphatic carbocycles. The first-order chi connectivity index (χ1) is 10.2. The van der Waals surface area contributed by atoms with Crippen LogP contribution in [0.2, 0.25) is 5.02 Å². The van der Waals surface area contributed by atoms with Gasteiger partial charge in [-0.15, -0.1) is 23.5 Å². The number of rotatable bonds is 6. The van der Waals surface area contributed by atoms with Gasteiger partial charge in [-0.3, -0.25) is 4.79 Å². The second-order valence-corrected chi connectivity index (χ2v) is 7.01. The van der Waals surface area contributed by atoms with Gasteiger partial charge in [0.25, 0.3) is 0 Å². The van der Waals surface area contributed by atoms with Crippen LogP contribution in [0.15, 0.2) is 58.3 Å².